The zero-order valence-corrected chi connectivity index (χ0v) is 12.5. The lowest BCUT2D eigenvalue weighted by Crippen LogP contribution is -2.35. The number of anilines is 1. The van der Waals surface area contributed by atoms with Gasteiger partial charge in [-0.3, -0.25) is 14.9 Å². The molecule has 2 aromatic rings. The summed E-state index contributed by atoms with van der Waals surface area (Å²) >= 11 is 0. The molecule has 3 rings (SSSR count). The normalized spacial score (nSPS) is 13.8. The molecule has 0 N–H and O–H groups in total. The molecule has 1 aliphatic rings. The minimum absolute atomic E-state index is 0.00135. The van der Waals surface area contributed by atoms with E-state index in [0.29, 0.717) is 29.3 Å². The van der Waals surface area contributed by atoms with Crippen LogP contribution in [0.5, 0.6) is 0 Å². The molecule has 0 atom stereocenters. The van der Waals surface area contributed by atoms with Gasteiger partial charge in [-0.05, 0) is 38.3 Å². The van der Waals surface area contributed by atoms with Crippen molar-refractivity contribution in [3.63, 3.8) is 0 Å². The van der Waals surface area contributed by atoms with Crippen molar-refractivity contribution in [2.45, 2.75) is 26.7 Å². The highest BCUT2D eigenvalue weighted by Gasteiger charge is 2.27. The van der Waals surface area contributed by atoms with Gasteiger partial charge < -0.3 is 9.32 Å². The van der Waals surface area contributed by atoms with Crippen LogP contribution in [0.25, 0.3) is 0 Å². The molecule has 1 aliphatic heterocycles. The maximum atomic E-state index is 12.8. The van der Waals surface area contributed by atoms with Crippen molar-refractivity contribution in [2.75, 3.05) is 11.4 Å². The Bertz CT molecular complexity index is 764. The second-order valence-electron chi connectivity index (χ2n) is 5.46. The quantitative estimate of drug-likeness (QED) is 0.629. The summed E-state index contributed by atoms with van der Waals surface area (Å²) in [6.45, 7) is 4.09. The van der Waals surface area contributed by atoms with E-state index in [1.54, 1.807) is 30.9 Å². The van der Waals surface area contributed by atoms with Crippen LogP contribution in [0.3, 0.4) is 0 Å². The van der Waals surface area contributed by atoms with Gasteiger partial charge in [-0.25, -0.2) is 0 Å². The lowest BCUT2D eigenvalue weighted by Gasteiger charge is -2.29. The molecule has 0 radical (unpaired) electrons. The van der Waals surface area contributed by atoms with Gasteiger partial charge in [-0.1, -0.05) is 6.07 Å². The number of carbonyl (C=O) groups excluding carboxylic acids is 1. The number of amides is 1. The van der Waals surface area contributed by atoms with E-state index in [9.17, 15) is 14.9 Å². The molecule has 0 unspecified atom stereocenters. The highest BCUT2D eigenvalue weighted by atomic mass is 16.6. The fourth-order valence-electron chi connectivity index (χ4n) is 2.88. The summed E-state index contributed by atoms with van der Waals surface area (Å²) in [4.78, 5) is 24.9. The number of benzene rings is 1. The van der Waals surface area contributed by atoms with Gasteiger partial charge in [-0.15, -0.1) is 0 Å². The van der Waals surface area contributed by atoms with Gasteiger partial charge in [0.2, 0.25) is 0 Å². The monoisotopic (exact) mass is 300 g/mol. The molecule has 114 valence electrons. The number of non-ortho nitro benzene ring substituents is 1. The third-order valence-electron chi connectivity index (χ3n) is 3.91. The number of fused-ring (bicyclic) bond motifs is 1. The second-order valence-corrected chi connectivity index (χ2v) is 5.46. The largest absolute Gasteiger partial charge is 0.466 e. The molecule has 6 heteroatoms. The van der Waals surface area contributed by atoms with Crippen LogP contribution in [0, 0.1) is 24.0 Å². The van der Waals surface area contributed by atoms with E-state index < -0.39 is 4.92 Å². The number of nitro benzene ring substituents is 1. The highest BCUT2D eigenvalue weighted by Crippen LogP contribution is 2.32. The first kappa shape index (κ1) is 14.3. The molecule has 1 amide bonds. The van der Waals surface area contributed by atoms with Crippen molar-refractivity contribution in [3.05, 3.63) is 57.0 Å². The molecule has 1 aromatic heterocycles. The molecule has 0 saturated heterocycles. The third kappa shape index (κ3) is 2.36. The Balaban J connectivity index is 2.03. The number of rotatable bonds is 2. The maximum Gasteiger partial charge on any atom is 0.271 e. The van der Waals surface area contributed by atoms with Crippen LogP contribution in [0.15, 0.2) is 28.7 Å². The first-order valence-electron chi connectivity index (χ1n) is 7.13. The first-order chi connectivity index (χ1) is 10.5. The fraction of sp³-hybridized carbons (Fsp3) is 0.312. The van der Waals surface area contributed by atoms with Gasteiger partial charge in [0.25, 0.3) is 11.6 Å². The number of aryl methyl sites for hydroxylation is 3. The molecule has 22 heavy (non-hydrogen) atoms. The van der Waals surface area contributed by atoms with E-state index in [0.717, 1.165) is 18.4 Å². The van der Waals surface area contributed by atoms with Gasteiger partial charge in [-0.2, -0.15) is 0 Å². The third-order valence-corrected chi connectivity index (χ3v) is 3.91. The van der Waals surface area contributed by atoms with Crippen molar-refractivity contribution in [1.29, 1.82) is 0 Å². The van der Waals surface area contributed by atoms with Gasteiger partial charge in [0.1, 0.15) is 11.5 Å². The summed E-state index contributed by atoms with van der Waals surface area (Å²) in [5, 5.41) is 11.0. The summed E-state index contributed by atoms with van der Waals surface area (Å²) in [7, 11) is 0. The average Bonchev–Trinajstić information content (AvgIpc) is 2.84. The number of hydrogen-bond donors (Lipinski definition) is 0. The van der Waals surface area contributed by atoms with Crippen molar-refractivity contribution >= 4 is 17.3 Å². The first-order valence-corrected chi connectivity index (χ1v) is 7.13. The van der Waals surface area contributed by atoms with Crippen molar-refractivity contribution < 1.29 is 14.1 Å². The Labute approximate surface area is 127 Å². The van der Waals surface area contributed by atoms with Crippen LogP contribution in [0.2, 0.25) is 0 Å². The Morgan fingerprint density at radius 3 is 2.73 bits per heavy atom. The van der Waals surface area contributed by atoms with Crippen LogP contribution in [0.1, 0.15) is 33.9 Å². The topological polar surface area (TPSA) is 76.6 Å². The molecule has 0 saturated carbocycles. The number of nitrogens with zero attached hydrogens (tertiary/aromatic N) is 2. The van der Waals surface area contributed by atoms with Gasteiger partial charge >= 0.3 is 0 Å². The van der Waals surface area contributed by atoms with E-state index in [2.05, 4.69) is 0 Å². The van der Waals surface area contributed by atoms with Crippen molar-refractivity contribution in [2.24, 2.45) is 0 Å². The summed E-state index contributed by atoms with van der Waals surface area (Å²) in [5.74, 6) is 1.08. The Hall–Kier alpha value is -2.63. The minimum Gasteiger partial charge on any atom is -0.466 e. The predicted molar refractivity (Wildman–Crippen MR) is 81.3 cm³/mol. The molecule has 1 aromatic carbocycles. The Morgan fingerprint density at radius 1 is 1.32 bits per heavy atom. The number of furan rings is 1. The molecule has 0 spiro atoms. The number of nitro groups is 1. The summed E-state index contributed by atoms with van der Waals surface area (Å²) in [6.07, 6.45) is 1.66. The van der Waals surface area contributed by atoms with Crippen LogP contribution in [0.4, 0.5) is 11.4 Å². The highest BCUT2D eigenvalue weighted by molar-refractivity contribution is 6.07. The van der Waals surface area contributed by atoms with Crippen molar-refractivity contribution in [1.82, 2.24) is 0 Å². The predicted octanol–water partition coefficient (Wildman–Crippen LogP) is 3.40. The van der Waals surface area contributed by atoms with Crippen LogP contribution in [-0.4, -0.2) is 17.4 Å². The van der Waals surface area contributed by atoms with Crippen LogP contribution < -0.4 is 4.90 Å². The number of carbonyl (C=O) groups is 1. The molecule has 0 aliphatic carbocycles. The van der Waals surface area contributed by atoms with E-state index in [-0.39, 0.29) is 11.6 Å². The fourth-order valence-corrected chi connectivity index (χ4v) is 2.88. The van der Waals surface area contributed by atoms with E-state index in [1.807, 2.05) is 0 Å². The van der Waals surface area contributed by atoms with Gasteiger partial charge in [0.15, 0.2) is 0 Å². The second kappa shape index (κ2) is 5.29. The molecular formula is C16H16N2O4. The van der Waals surface area contributed by atoms with Crippen LogP contribution in [-0.2, 0) is 6.42 Å². The zero-order valence-electron chi connectivity index (χ0n) is 12.5. The van der Waals surface area contributed by atoms with Crippen LogP contribution >= 0.6 is 0 Å². The lowest BCUT2D eigenvalue weighted by molar-refractivity contribution is -0.384. The van der Waals surface area contributed by atoms with Gasteiger partial charge in [0, 0.05) is 18.7 Å². The Kier molecular flexibility index (Phi) is 3.44. The molecule has 2 heterocycles. The van der Waals surface area contributed by atoms with E-state index in [1.165, 1.54) is 12.1 Å². The minimum atomic E-state index is -0.440. The van der Waals surface area contributed by atoms with E-state index in [4.69, 9.17) is 4.42 Å². The summed E-state index contributed by atoms with van der Waals surface area (Å²) in [6, 6.07) is 6.42. The molecule has 0 bridgehead atoms. The maximum absolute atomic E-state index is 12.8. The van der Waals surface area contributed by atoms with Gasteiger partial charge in [0.05, 0.1) is 16.2 Å². The standard InChI is InChI=1S/C16H16N2O4/c1-10-8-14(11(2)22-10)16(19)17-7-3-4-12-5-6-13(18(20)21)9-15(12)17/h5-6,8-9H,3-4,7H2,1-2H3. The number of hydrogen-bond acceptors (Lipinski definition) is 4. The summed E-state index contributed by atoms with van der Waals surface area (Å²) < 4.78 is 5.42. The molecular weight excluding hydrogens is 284 g/mol. The van der Waals surface area contributed by atoms with E-state index >= 15 is 0 Å². The lowest BCUT2D eigenvalue weighted by atomic mass is 10.00. The molecule has 6 nitrogen and oxygen atoms in total. The smallest absolute Gasteiger partial charge is 0.271 e. The SMILES string of the molecule is Cc1cc(C(=O)N2CCCc3ccc([N+](=O)[O-])cc32)c(C)o1. The zero-order chi connectivity index (χ0) is 15.9. The Morgan fingerprint density at radius 2 is 2.09 bits per heavy atom. The average molecular weight is 300 g/mol. The molecule has 0 fully saturated rings. The van der Waals surface area contributed by atoms with Crippen molar-refractivity contribution in [3.8, 4) is 0 Å². The summed E-state index contributed by atoms with van der Waals surface area (Å²) in [5.41, 5.74) is 2.10.